The number of anilines is 1. The van der Waals surface area contributed by atoms with Crippen LogP contribution in [0.3, 0.4) is 0 Å². The Bertz CT molecular complexity index is 1690. The molecule has 3 aromatic carbocycles. The predicted octanol–water partition coefficient (Wildman–Crippen LogP) is 7.36. The van der Waals surface area contributed by atoms with E-state index in [0.717, 1.165) is 16.2 Å². The number of thioether (sulfide) groups is 1. The van der Waals surface area contributed by atoms with E-state index in [9.17, 15) is 14.0 Å². The van der Waals surface area contributed by atoms with E-state index in [4.69, 9.17) is 20.8 Å². The summed E-state index contributed by atoms with van der Waals surface area (Å²) >= 11 is 10.5. The van der Waals surface area contributed by atoms with E-state index >= 15 is 0 Å². The van der Waals surface area contributed by atoms with Gasteiger partial charge in [0.05, 0.1) is 23.9 Å². The zero-order valence-electron chi connectivity index (χ0n) is 21.7. The lowest BCUT2D eigenvalue weighted by Crippen LogP contribution is -2.28. The molecule has 1 aliphatic rings. The number of carbonyl (C=O) groups excluding carboxylic acids is 2. The van der Waals surface area contributed by atoms with E-state index in [1.807, 2.05) is 0 Å². The highest BCUT2D eigenvalue weighted by molar-refractivity contribution is 9.10. The van der Waals surface area contributed by atoms with Gasteiger partial charge in [-0.15, -0.1) is 5.10 Å². The molecule has 12 heteroatoms. The molecule has 0 saturated carbocycles. The number of hydrogen-bond donors (Lipinski definition) is 1. The Hall–Kier alpha value is -4.19. The van der Waals surface area contributed by atoms with Crippen molar-refractivity contribution in [3.8, 4) is 5.75 Å². The van der Waals surface area contributed by atoms with Gasteiger partial charge in [-0.05, 0) is 78.5 Å². The molecule has 1 N–H and O–H groups in total. The van der Waals surface area contributed by atoms with Crippen LogP contribution >= 0.6 is 39.3 Å². The van der Waals surface area contributed by atoms with Gasteiger partial charge in [0.15, 0.2) is 11.8 Å². The molecule has 0 unspecified atom stereocenters. The Morgan fingerprint density at radius 3 is 2.67 bits per heavy atom. The Kier molecular flexibility index (Phi) is 9.52. The highest BCUT2D eigenvalue weighted by Gasteiger charge is 2.34. The van der Waals surface area contributed by atoms with Crippen molar-refractivity contribution in [2.24, 2.45) is 10.2 Å². The van der Waals surface area contributed by atoms with Gasteiger partial charge >= 0.3 is 0 Å². The molecule has 2 heterocycles. The third-order valence-electron chi connectivity index (χ3n) is 5.77. The molecule has 42 heavy (non-hydrogen) atoms. The maximum absolute atomic E-state index is 14.0. The molecule has 1 saturated heterocycles. The van der Waals surface area contributed by atoms with Gasteiger partial charge in [0.1, 0.15) is 17.3 Å². The fraction of sp³-hybridized carbons (Fsp3) is 0.0667. The first-order valence-corrected chi connectivity index (χ1v) is 14.4. The first kappa shape index (κ1) is 29.3. The van der Waals surface area contributed by atoms with Crippen LogP contribution in [0.25, 0.3) is 6.08 Å². The zero-order valence-corrected chi connectivity index (χ0v) is 24.8. The van der Waals surface area contributed by atoms with Crippen molar-refractivity contribution in [1.29, 1.82) is 0 Å². The van der Waals surface area contributed by atoms with Gasteiger partial charge in [0.25, 0.3) is 11.8 Å². The van der Waals surface area contributed by atoms with Crippen LogP contribution in [0.1, 0.15) is 16.9 Å². The molecule has 212 valence electrons. The standard InChI is InChI=1S/C30H21BrClFN4O4S/c31-21-7-12-26(41-18-28(38)35-23-10-8-22(32)9-11-23)20(14-21)15-27-29(39)37(17-24-5-3-13-40-24)30(42-27)36-34-16-19-4-1-2-6-25(19)33/h1-16H,17-18H2,(H,35,38)/b27-15-,34-16-,36-30+. The van der Waals surface area contributed by atoms with Crippen LogP contribution < -0.4 is 10.1 Å². The Balaban J connectivity index is 1.37. The number of amides is 2. The Morgan fingerprint density at radius 1 is 1.10 bits per heavy atom. The first-order valence-electron chi connectivity index (χ1n) is 12.4. The van der Waals surface area contributed by atoms with E-state index in [-0.39, 0.29) is 35.7 Å². The van der Waals surface area contributed by atoms with Crippen LogP contribution in [0.15, 0.2) is 109 Å². The molecule has 0 bridgehead atoms. The third-order valence-corrected chi connectivity index (χ3v) is 7.51. The van der Waals surface area contributed by atoms with E-state index < -0.39 is 5.82 Å². The minimum absolute atomic E-state index is 0.122. The topological polar surface area (TPSA) is 96.5 Å². The number of benzene rings is 3. The van der Waals surface area contributed by atoms with Gasteiger partial charge in [0, 0.05) is 26.3 Å². The fourth-order valence-electron chi connectivity index (χ4n) is 3.78. The quantitative estimate of drug-likeness (QED) is 0.114. The number of halogens is 3. The SMILES string of the molecule is O=C(COc1ccc(Br)cc1/C=C1\S/C(=N/N=C\c2ccccc2F)N(Cc2ccco2)C1=O)Nc1ccc(Cl)cc1. The van der Waals surface area contributed by atoms with Crippen molar-refractivity contribution in [1.82, 2.24) is 4.90 Å². The van der Waals surface area contributed by atoms with Crippen molar-refractivity contribution in [2.45, 2.75) is 6.54 Å². The van der Waals surface area contributed by atoms with Gasteiger partial charge in [-0.1, -0.05) is 45.7 Å². The van der Waals surface area contributed by atoms with Crippen LogP contribution in [-0.4, -0.2) is 34.7 Å². The van der Waals surface area contributed by atoms with Crippen LogP contribution in [-0.2, 0) is 16.1 Å². The minimum Gasteiger partial charge on any atom is -0.483 e. The molecular weight excluding hydrogens is 647 g/mol. The van der Waals surface area contributed by atoms with E-state index in [0.29, 0.717) is 32.7 Å². The third kappa shape index (κ3) is 7.55. The van der Waals surface area contributed by atoms with Crippen LogP contribution in [0.5, 0.6) is 5.75 Å². The number of hydrogen-bond acceptors (Lipinski definition) is 7. The molecule has 8 nitrogen and oxygen atoms in total. The second kappa shape index (κ2) is 13.6. The summed E-state index contributed by atoms with van der Waals surface area (Å²) in [4.78, 5) is 27.8. The molecule has 2 amide bonds. The predicted molar refractivity (Wildman–Crippen MR) is 166 cm³/mol. The minimum atomic E-state index is -0.436. The number of nitrogens with one attached hydrogen (secondary N) is 1. The van der Waals surface area contributed by atoms with E-state index in [2.05, 4.69) is 31.4 Å². The van der Waals surface area contributed by atoms with Crippen molar-refractivity contribution >= 4 is 74.3 Å². The van der Waals surface area contributed by atoms with Gasteiger partial charge in [-0.2, -0.15) is 5.10 Å². The number of carbonyl (C=O) groups is 2. The smallest absolute Gasteiger partial charge is 0.267 e. The normalized spacial score (nSPS) is 15.2. The van der Waals surface area contributed by atoms with Gasteiger partial charge in [0.2, 0.25) is 0 Å². The molecule has 0 spiro atoms. The summed E-state index contributed by atoms with van der Waals surface area (Å²) in [7, 11) is 0. The molecule has 0 radical (unpaired) electrons. The monoisotopic (exact) mass is 666 g/mol. The maximum atomic E-state index is 14.0. The van der Waals surface area contributed by atoms with Gasteiger partial charge in [-0.25, -0.2) is 4.39 Å². The van der Waals surface area contributed by atoms with E-state index in [1.165, 1.54) is 23.4 Å². The number of rotatable bonds is 9. The second-order valence-electron chi connectivity index (χ2n) is 8.76. The number of nitrogens with zero attached hydrogens (tertiary/aromatic N) is 3. The van der Waals surface area contributed by atoms with Gasteiger partial charge in [-0.3, -0.25) is 14.5 Å². The number of amidine groups is 1. The summed E-state index contributed by atoms with van der Waals surface area (Å²) in [6, 6.07) is 21.6. The summed E-state index contributed by atoms with van der Waals surface area (Å²) in [6.07, 6.45) is 4.46. The molecule has 0 atom stereocenters. The Labute approximate surface area is 258 Å². The lowest BCUT2D eigenvalue weighted by atomic mass is 10.2. The first-order chi connectivity index (χ1) is 20.4. The largest absolute Gasteiger partial charge is 0.483 e. The second-order valence-corrected chi connectivity index (χ2v) is 11.1. The molecule has 1 aromatic heterocycles. The lowest BCUT2D eigenvalue weighted by Gasteiger charge is -2.13. The summed E-state index contributed by atoms with van der Waals surface area (Å²) in [5, 5.41) is 11.8. The number of furan rings is 1. The summed E-state index contributed by atoms with van der Waals surface area (Å²) in [5.41, 5.74) is 1.41. The molecule has 0 aliphatic carbocycles. The van der Waals surface area contributed by atoms with Crippen LogP contribution in [0.2, 0.25) is 5.02 Å². The molecule has 1 fully saturated rings. The zero-order chi connectivity index (χ0) is 29.5. The highest BCUT2D eigenvalue weighted by Crippen LogP contribution is 2.36. The average Bonchev–Trinajstić information content (AvgIpc) is 3.59. The van der Waals surface area contributed by atoms with Crippen molar-refractivity contribution in [3.63, 3.8) is 0 Å². The van der Waals surface area contributed by atoms with Crippen molar-refractivity contribution in [2.75, 3.05) is 11.9 Å². The highest BCUT2D eigenvalue weighted by atomic mass is 79.9. The molecule has 1 aliphatic heterocycles. The molecule has 4 aromatic rings. The van der Waals surface area contributed by atoms with Crippen LogP contribution in [0, 0.1) is 5.82 Å². The van der Waals surface area contributed by atoms with E-state index in [1.54, 1.807) is 78.9 Å². The van der Waals surface area contributed by atoms with Crippen molar-refractivity contribution < 1.29 is 23.1 Å². The number of ether oxygens (including phenoxy) is 1. The summed E-state index contributed by atoms with van der Waals surface area (Å²) in [6.45, 7) is -0.138. The van der Waals surface area contributed by atoms with Crippen molar-refractivity contribution in [3.05, 3.63) is 122 Å². The van der Waals surface area contributed by atoms with Crippen LogP contribution in [0.4, 0.5) is 10.1 Å². The lowest BCUT2D eigenvalue weighted by molar-refractivity contribution is -0.122. The summed E-state index contributed by atoms with van der Waals surface area (Å²) < 4.78 is 26.0. The van der Waals surface area contributed by atoms with Gasteiger partial charge < -0.3 is 14.5 Å². The maximum Gasteiger partial charge on any atom is 0.267 e. The summed E-state index contributed by atoms with van der Waals surface area (Å²) in [5.74, 6) is -0.187. The Morgan fingerprint density at radius 2 is 1.90 bits per heavy atom. The average molecular weight is 668 g/mol. The fourth-order valence-corrected chi connectivity index (χ4v) is 5.21. The molecule has 5 rings (SSSR count). The molecular formula is C30H21BrClFN4O4S.